The molecule has 3 N–H and O–H groups in total. The van der Waals surface area contributed by atoms with E-state index in [9.17, 15) is 0 Å². The predicted molar refractivity (Wildman–Crippen MR) is 141 cm³/mol. The van der Waals surface area contributed by atoms with Crippen LogP contribution in [0.3, 0.4) is 0 Å². The highest BCUT2D eigenvalue weighted by atomic mass is 16.5. The summed E-state index contributed by atoms with van der Waals surface area (Å²) in [4.78, 5) is 15.7. The standard InChI is InChI=1S/C26H34N8O3/c1-27-20-4-7-24-23(16-20)25(29-19-2-5-22(6-3-19)33-8-12-36-13-9-33)32-26(31-24)30-21-17-28-34(18-21)10-14-37-15-11-35/h4,7,16-19,22,35H,2-3,5-6,8-15H2,(H2,29,30,31,32). The van der Waals surface area contributed by atoms with Crippen molar-refractivity contribution in [2.24, 2.45) is 0 Å². The van der Waals surface area contributed by atoms with Crippen molar-refractivity contribution in [1.29, 1.82) is 0 Å². The topological polar surface area (TPSA) is 114 Å². The maximum Gasteiger partial charge on any atom is 0.229 e. The fraction of sp³-hybridized carbons (Fsp3) is 0.538. The van der Waals surface area contributed by atoms with Gasteiger partial charge in [-0.25, -0.2) is 9.83 Å². The second-order valence-electron chi connectivity index (χ2n) is 9.46. The fourth-order valence-electron chi connectivity index (χ4n) is 5.08. The smallest absolute Gasteiger partial charge is 0.229 e. The van der Waals surface area contributed by atoms with Gasteiger partial charge in [-0.05, 0) is 37.8 Å². The normalized spacial score (nSPS) is 20.5. The molecule has 3 aromatic rings. The summed E-state index contributed by atoms with van der Waals surface area (Å²) < 4.78 is 12.6. The molecule has 11 nitrogen and oxygen atoms in total. The SMILES string of the molecule is [C-]#[N+]c1ccc2nc(Nc3cnn(CCOCCO)c3)nc(NC3CCC(N4CCOCC4)CC3)c2c1. The molecule has 11 heteroatoms. The first kappa shape index (κ1) is 25.4. The maximum absolute atomic E-state index is 8.83. The van der Waals surface area contributed by atoms with Crippen LogP contribution in [0.4, 0.5) is 23.1 Å². The first-order valence-corrected chi connectivity index (χ1v) is 13.0. The lowest BCUT2D eigenvalue weighted by molar-refractivity contribution is 0.00791. The lowest BCUT2D eigenvalue weighted by Crippen LogP contribution is -2.46. The summed E-state index contributed by atoms with van der Waals surface area (Å²) in [7, 11) is 0. The van der Waals surface area contributed by atoms with Gasteiger partial charge in [0.1, 0.15) is 5.82 Å². The van der Waals surface area contributed by atoms with Gasteiger partial charge in [-0.2, -0.15) is 10.1 Å². The number of anilines is 3. The number of morpholine rings is 1. The zero-order chi connectivity index (χ0) is 25.5. The number of hydrogen-bond acceptors (Lipinski definition) is 9. The summed E-state index contributed by atoms with van der Waals surface area (Å²) in [5, 5.41) is 21.0. The molecule has 1 saturated heterocycles. The van der Waals surface area contributed by atoms with E-state index in [1.54, 1.807) is 16.9 Å². The molecule has 3 heterocycles. The molecular formula is C26H34N8O3. The minimum Gasteiger partial charge on any atom is -0.394 e. The first-order valence-electron chi connectivity index (χ1n) is 13.0. The summed E-state index contributed by atoms with van der Waals surface area (Å²) in [5.74, 6) is 1.22. The molecule has 1 saturated carbocycles. The summed E-state index contributed by atoms with van der Waals surface area (Å²) in [6, 6.07) is 6.46. The summed E-state index contributed by atoms with van der Waals surface area (Å²) in [6.45, 7) is 12.5. The van der Waals surface area contributed by atoms with Crippen LogP contribution >= 0.6 is 0 Å². The van der Waals surface area contributed by atoms with E-state index in [2.05, 4.69) is 25.5 Å². The van der Waals surface area contributed by atoms with Crippen LogP contribution in [-0.2, 0) is 16.0 Å². The number of ether oxygens (including phenoxy) is 2. The Balaban J connectivity index is 1.29. The molecule has 2 aromatic heterocycles. The quantitative estimate of drug-likeness (QED) is 0.282. The zero-order valence-electron chi connectivity index (χ0n) is 21.0. The zero-order valence-corrected chi connectivity index (χ0v) is 21.0. The van der Waals surface area contributed by atoms with Crippen LogP contribution in [0.25, 0.3) is 15.7 Å². The number of rotatable bonds is 10. The van der Waals surface area contributed by atoms with E-state index in [1.807, 2.05) is 18.3 Å². The highest BCUT2D eigenvalue weighted by Gasteiger charge is 2.27. The van der Waals surface area contributed by atoms with Gasteiger partial charge in [0.15, 0.2) is 5.69 Å². The molecule has 37 heavy (non-hydrogen) atoms. The number of nitrogens with zero attached hydrogens (tertiary/aromatic N) is 6. The van der Waals surface area contributed by atoms with Gasteiger partial charge < -0.3 is 25.2 Å². The molecule has 0 radical (unpaired) electrons. The predicted octanol–water partition coefficient (Wildman–Crippen LogP) is 3.18. The Hall–Kier alpha value is -3.30. The second kappa shape index (κ2) is 12.3. The van der Waals surface area contributed by atoms with E-state index in [0.717, 1.165) is 74.4 Å². The molecule has 1 aromatic carbocycles. The van der Waals surface area contributed by atoms with Crippen molar-refractivity contribution in [3.63, 3.8) is 0 Å². The fourth-order valence-corrected chi connectivity index (χ4v) is 5.08. The molecule has 0 unspecified atom stereocenters. The van der Waals surface area contributed by atoms with Gasteiger partial charge in [0.2, 0.25) is 5.95 Å². The van der Waals surface area contributed by atoms with Crippen molar-refractivity contribution in [3.8, 4) is 0 Å². The Bertz CT molecular complexity index is 1210. The molecular weight excluding hydrogens is 472 g/mol. The third-order valence-corrected chi connectivity index (χ3v) is 7.00. The number of fused-ring (bicyclic) bond motifs is 1. The molecule has 0 bridgehead atoms. The minimum absolute atomic E-state index is 0.00821. The molecule has 196 valence electrons. The van der Waals surface area contributed by atoms with E-state index in [0.29, 0.717) is 43.5 Å². The van der Waals surface area contributed by atoms with E-state index in [1.165, 1.54) is 0 Å². The molecule has 0 atom stereocenters. The van der Waals surface area contributed by atoms with Gasteiger partial charge in [0.25, 0.3) is 0 Å². The van der Waals surface area contributed by atoms with Crippen LogP contribution in [0.1, 0.15) is 25.7 Å². The number of aromatic nitrogens is 4. The van der Waals surface area contributed by atoms with Gasteiger partial charge in [0, 0.05) is 36.8 Å². The Morgan fingerprint density at radius 2 is 1.97 bits per heavy atom. The Kier molecular flexibility index (Phi) is 8.42. The lowest BCUT2D eigenvalue weighted by atomic mass is 9.90. The third kappa shape index (κ3) is 6.53. The van der Waals surface area contributed by atoms with Crippen LogP contribution < -0.4 is 10.6 Å². The van der Waals surface area contributed by atoms with Gasteiger partial charge in [-0.15, -0.1) is 0 Å². The number of benzene rings is 1. The average molecular weight is 507 g/mol. The van der Waals surface area contributed by atoms with Gasteiger partial charge in [-0.1, -0.05) is 6.07 Å². The van der Waals surface area contributed by atoms with Crippen LogP contribution in [0.5, 0.6) is 0 Å². The highest BCUT2D eigenvalue weighted by Crippen LogP contribution is 2.31. The van der Waals surface area contributed by atoms with Crippen molar-refractivity contribution in [2.45, 2.75) is 44.3 Å². The van der Waals surface area contributed by atoms with Crippen LogP contribution in [0.15, 0.2) is 30.6 Å². The van der Waals surface area contributed by atoms with E-state index < -0.39 is 0 Å². The molecule has 0 amide bonds. The molecule has 2 aliphatic rings. The molecule has 1 aliphatic carbocycles. The Labute approximate surface area is 216 Å². The molecule has 0 spiro atoms. The van der Waals surface area contributed by atoms with Crippen molar-refractivity contribution < 1.29 is 14.6 Å². The van der Waals surface area contributed by atoms with Crippen molar-refractivity contribution in [3.05, 3.63) is 42.0 Å². The van der Waals surface area contributed by atoms with E-state index in [-0.39, 0.29) is 6.61 Å². The number of hydrogen-bond donors (Lipinski definition) is 3. The van der Waals surface area contributed by atoms with Crippen molar-refractivity contribution in [2.75, 3.05) is 56.8 Å². The highest BCUT2D eigenvalue weighted by molar-refractivity contribution is 5.93. The molecule has 5 rings (SSSR count). The minimum atomic E-state index is 0.00821. The summed E-state index contributed by atoms with van der Waals surface area (Å²) in [5.41, 5.74) is 2.12. The average Bonchev–Trinajstić information content (AvgIpc) is 3.39. The largest absolute Gasteiger partial charge is 0.394 e. The maximum atomic E-state index is 8.83. The van der Waals surface area contributed by atoms with Gasteiger partial charge in [-0.3, -0.25) is 9.58 Å². The third-order valence-electron chi connectivity index (χ3n) is 7.00. The van der Waals surface area contributed by atoms with E-state index >= 15 is 0 Å². The Morgan fingerprint density at radius 1 is 1.14 bits per heavy atom. The van der Waals surface area contributed by atoms with Crippen LogP contribution in [0, 0.1) is 6.57 Å². The van der Waals surface area contributed by atoms with E-state index in [4.69, 9.17) is 31.1 Å². The van der Waals surface area contributed by atoms with Gasteiger partial charge >= 0.3 is 0 Å². The monoisotopic (exact) mass is 506 g/mol. The summed E-state index contributed by atoms with van der Waals surface area (Å²) in [6.07, 6.45) is 8.05. The summed E-state index contributed by atoms with van der Waals surface area (Å²) >= 11 is 0. The van der Waals surface area contributed by atoms with Gasteiger partial charge in [0.05, 0.1) is 63.6 Å². The van der Waals surface area contributed by atoms with Crippen molar-refractivity contribution in [1.82, 2.24) is 24.6 Å². The lowest BCUT2D eigenvalue weighted by Gasteiger charge is -2.39. The molecule has 1 aliphatic heterocycles. The number of aliphatic hydroxyl groups excluding tert-OH is 1. The Morgan fingerprint density at radius 3 is 2.76 bits per heavy atom. The second-order valence-corrected chi connectivity index (χ2v) is 9.46. The van der Waals surface area contributed by atoms with Crippen LogP contribution in [0.2, 0.25) is 0 Å². The van der Waals surface area contributed by atoms with Crippen LogP contribution in [-0.4, -0.2) is 88.0 Å². The number of aliphatic hydroxyl groups is 1. The molecule has 2 fully saturated rings. The number of nitrogens with one attached hydrogen (secondary N) is 2. The van der Waals surface area contributed by atoms with Crippen molar-refractivity contribution >= 4 is 34.0 Å². The first-order chi connectivity index (χ1) is 18.2.